The maximum Gasteiger partial charge on any atom is 0.233 e. The van der Waals surface area contributed by atoms with Crippen LogP contribution in [0.25, 0.3) is 10.8 Å². The van der Waals surface area contributed by atoms with Gasteiger partial charge in [0.15, 0.2) is 0 Å². The number of rotatable bonds is 7. The number of fused-ring (bicyclic) bond motifs is 1. The lowest BCUT2D eigenvalue weighted by molar-refractivity contribution is -0.131. The highest BCUT2D eigenvalue weighted by Gasteiger charge is 2.25. The molecular weight excluding hydrogens is 350 g/mol. The quantitative estimate of drug-likeness (QED) is 0.675. The second kappa shape index (κ2) is 9.51. The molecule has 2 aromatic rings. The van der Waals surface area contributed by atoms with Crippen LogP contribution in [0.2, 0.25) is 0 Å². The summed E-state index contributed by atoms with van der Waals surface area (Å²) in [5.41, 5.74) is 0. The molecule has 3 rings (SSSR count). The molecule has 0 radical (unpaired) electrons. The standard InChI is InChI=1S/C20H25NO2S2/c1-23-11-10-21(18-8-12-24-13-9-18)20(22)15-25-19-7-6-16-4-2-3-5-17(16)14-19/h2-7,14,18H,8-13,15H2,1H3. The van der Waals surface area contributed by atoms with Crippen LogP contribution >= 0.6 is 23.5 Å². The first-order valence-corrected chi connectivity index (χ1v) is 10.9. The third-order valence-electron chi connectivity index (χ3n) is 4.57. The summed E-state index contributed by atoms with van der Waals surface area (Å²) in [5, 5.41) is 2.46. The van der Waals surface area contributed by atoms with Gasteiger partial charge in [-0.3, -0.25) is 4.79 Å². The number of hydrogen-bond donors (Lipinski definition) is 0. The molecule has 5 heteroatoms. The first kappa shape index (κ1) is 18.6. The van der Waals surface area contributed by atoms with E-state index in [1.54, 1.807) is 18.9 Å². The Kier molecular flexibility index (Phi) is 7.08. The van der Waals surface area contributed by atoms with Crippen LogP contribution in [0.4, 0.5) is 0 Å². The van der Waals surface area contributed by atoms with Crippen molar-refractivity contribution in [2.24, 2.45) is 0 Å². The third-order valence-corrected chi connectivity index (χ3v) is 6.60. The molecule has 3 nitrogen and oxygen atoms in total. The Hall–Kier alpha value is -1.17. The zero-order chi connectivity index (χ0) is 17.5. The number of benzene rings is 2. The summed E-state index contributed by atoms with van der Waals surface area (Å²) in [5.74, 6) is 3.02. The van der Waals surface area contributed by atoms with Gasteiger partial charge < -0.3 is 9.64 Å². The summed E-state index contributed by atoms with van der Waals surface area (Å²) in [6.07, 6.45) is 2.20. The number of carbonyl (C=O) groups excluding carboxylic acids is 1. The minimum Gasteiger partial charge on any atom is -0.383 e. The smallest absolute Gasteiger partial charge is 0.233 e. The van der Waals surface area contributed by atoms with Gasteiger partial charge >= 0.3 is 0 Å². The number of carbonyl (C=O) groups is 1. The van der Waals surface area contributed by atoms with E-state index in [4.69, 9.17) is 4.74 Å². The predicted octanol–water partition coefficient (Wildman–Crippen LogP) is 4.30. The van der Waals surface area contributed by atoms with Crippen LogP contribution in [0.1, 0.15) is 12.8 Å². The summed E-state index contributed by atoms with van der Waals surface area (Å²) < 4.78 is 5.22. The van der Waals surface area contributed by atoms with Gasteiger partial charge in [-0.1, -0.05) is 30.3 Å². The van der Waals surface area contributed by atoms with Crippen LogP contribution in [0, 0.1) is 0 Å². The fraction of sp³-hybridized carbons (Fsp3) is 0.450. The Balaban J connectivity index is 1.62. The molecule has 0 atom stereocenters. The van der Waals surface area contributed by atoms with E-state index >= 15 is 0 Å². The predicted molar refractivity (Wildman–Crippen MR) is 109 cm³/mol. The van der Waals surface area contributed by atoms with Crippen molar-refractivity contribution in [3.63, 3.8) is 0 Å². The van der Waals surface area contributed by atoms with Crippen molar-refractivity contribution in [1.29, 1.82) is 0 Å². The highest BCUT2D eigenvalue weighted by molar-refractivity contribution is 8.00. The Morgan fingerprint density at radius 1 is 1.20 bits per heavy atom. The van der Waals surface area contributed by atoms with Crippen molar-refractivity contribution in [1.82, 2.24) is 4.90 Å². The lowest BCUT2D eigenvalue weighted by Crippen LogP contribution is -2.44. The van der Waals surface area contributed by atoms with E-state index in [-0.39, 0.29) is 5.91 Å². The number of hydrogen-bond acceptors (Lipinski definition) is 4. The van der Waals surface area contributed by atoms with E-state index in [1.807, 2.05) is 11.8 Å². The SMILES string of the molecule is COCCN(C(=O)CSc1ccc2ccccc2c1)C1CCSCC1. The van der Waals surface area contributed by atoms with E-state index in [0.717, 1.165) is 29.2 Å². The minimum atomic E-state index is 0.229. The highest BCUT2D eigenvalue weighted by atomic mass is 32.2. The molecule has 134 valence electrons. The van der Waals surface area contributed by atoms with E-state index < -0.39 is 0 Å². The van der Waals surface area contributed by atoms with Crippen LogP contribution in [-0.4, -0.2) is 54.4 Å². The molecule has 2 aromatic carbocycles. The van der Waals surface area contributed by atoms with Crippen molar-refractivity contribution in [3.05, 3.63) is 42.5 Å². The van der Waals surface area contributed by atoms with Crippen molar-refractivity contribution < 1.29 is 9.53 Å². The molecule has 1 aliphatic heterocycles. The maximum atomic E-state index is 12.8. The van der Waals surface area contributed by atoms with Gasteiger partial charge in [0.05, 0.1) is 12.4 Å². The molecular formula is C20H25NO2S2. The van der Waals surface area contributed by atoms with E-state index in [9.17, 15) is 4.79 Å². The van der Waals surface area contributed by atoms with Gasteiger partial charge in [0.2, 0.25) is 5.91 Å². The third kappa shape index (κ3) is 5.16. The van der Waals surface area contributed by atoms with E-state index in [2.05, 4.69) is 47.4 Å². The first-order chi connectivity index (χ1) is 12.3. The van der Waals surface area contributed by atoms with Crippen molar-refractivity contribution in [3.8, 4) is 0 Å². The minimum absolute atomic E-state index is 0.229. The zero-order valence-corrected chi connectivity index (χ0v) is 16.3. The Labute approximate surface area is 158 Å². The molecule has 0 unspecified atom stereocenters. The molecule has 1 saturated heterocycles. The van der Waals surface area contributed by atoms with Crippen LogP contribution in [0.3, 0.4) is 0 Å². The Morgan fingerprint density at radius 2 is 1.96 bits per heavy atom. The number of nitrogens with zero attached hydrogens (tertiary/aromatic N) is 1. The average Bonchev–Trinajstić information content (AvgIpc) is 2.67. The fourth-order valence-electron chi connectivity index (χ4n) is 3.18. The van der Waals surface area contributed by atoms with Gasteiger partial charge in [-0.05, 0) is 47.3 Å². The number of ether oxygens (including phenoxy) is 1. The molecule has 0 N–H and O–H groups in total. The Morgan fingerprint density at radius 3 is 2.72 bits per heavy atom. The molecule has 1 fully saturated rings. The first-order valence-electron chi connectivity index (χ1n) is 8.75. The number of thioether (sulfide) groups is 2. The summed E-state index contributed by atoms with van der Waals surface area (Å²) in [7, 11) is 1.70. The van der Waals surface area contributed by atoms with Gasteiger partial charge in [0.1, 0.15) is 0 Å². The van der Waals surface area contributed by atoms with Crippen LogP contribution in [-0.2, 0) is 9.53 Å². The summed E-state index contributed by atoms with van der Waals surface area (Å²) >= 11 is 3.62. The molecule has 0 spiro atoms. The molecule has 0 aromatic heterocycles. The van der Waals surface area contributed by atoms with Crippen LogP contribution in [0.5, 0.6) is 0 Å². The maximum absolute atomic E-state index is 12.8. The topological polar surface area (TPSA) is 29.5 Å². The zero-order valence-electron chi connectivity index (χ0n) is 14.6. The Bertz CT molecular complexity index is 701. The van der Waals surface area contributed by atoms with Gasteiger partial charge in [-0.25, -0.2) is 0 Å². The largest absolute Gasteiger partial charge is 0.383 e. The molecule has 0 saturated carbocycles. The summed E-state index contributed by atoms with van der Waals surface area (Å²) in [4.78, 5) is 16.0. The lowest BCUT2D eigenvalue weighted by Gasteiger charge is -2.34. The van der Waals surface area contributed by atoms with Gasteiger partial charge in [0, 0.05) is 24.6 Å². The van der Waals surface area contributed by atoms with Crippen molar-refractivity contribution in [2.45, 2.75) is 23.8 Å². The van der Waals surface area contributed by atoms with Crippen LogP contribution < -0.4 is 0 Å². The molecule has 1 aliphatic rings. The number of methoxy groups -OCH3 is 1. The molecule has 0 aliphatic carbocycles. The van der Waals surface area contributed by atoms with Gasteiger partial charge in [-0.2, -0.15) is 11.8 Å². The van der Waals surface area contributed by atoms with E-state index in [0.29, 0.717) is 24.9 Å². The second-order valence-electron chi connectivity index (χ2n) is 6.22. The van der Waals surface area contributed by atoms with Gasteiger partial charge in [0.25, 0.3) is 0 Å². The van der Waals surface area contributed by atoms with Crippen LogP contribution in [0.15, 0.2) is 47.4 Å². The molecule has 1 amide bonds. The van der Waals surface area contributed by atoms with Gasteiger partial charge in [-0.15, -0.1) is 11.8 Å². The summed E-state index contributed by atoms with van der Waals surface area (Å²) in [6, 6.07) is 15.1. The molecule has 1 heterocycles. The monoisotopic (exact) mass is 375 g/mol. The van der Waals surface area contributed by atoms with Crippen molar-refractivity contribution in [2.75, 3.05) is 37.5 Å². The average molecular weight is 376 g/mol. The lowest BCUT2D eigenvalue weighted by atomic mass is 10.1. The highest BCUT2D eigenvalue weighted by Crippen LogP contribution is 2.26. The normalized spacial score (nSPS) is 15.4. The van der Waals surface area contributed by atoms with E-state index in [1.165, 1.54) is 10.8 Å². The molecule has 0 bridgehead atoms. The molecule has 25 heavy (non-hydrogen) atoms. The fourth-order valence-corrected chi connectivity index (χ4v) is 5.09. The summed E-state index contributed by atoms with van der Waals surface area (Å²) in [6.45, 7) is 1.30. The number of amides is 1. The van der Waals surface area contributed by atoms with Crippen molar-refractivity contribution >= 4 is 40.2 Å². The second-order valence-corrected chi connectivity index (χ2v) is 8.49.